The molecule has 2 aromatic rings. The molecule has 0 heterocycles. The molecule has 5 heteroatoms. The average molecular weight is 325 g/mol. The predicted molar refractivity (Wildman–Crippen MR) is 91.3 cm³/mol. The standard InChI is InChI=1S/C19H19NO4/c21-18(22)17(13-7-12-15-8-3-1-4-9-15)20-19(23)24-14-16-10-5-2-6-11-16/h1-12,17H,13-14H2,(H,20,23)(H,21,22)/b12-7+. The minimum absolute atomic E-state index is 0.0961. The van der Waals surface area contributed by atoms with E-state index in [-0.39, 0.29) is 13.0 Å². The summed E-state index contributed by atoms with van der Waals surface area (Å²) in [6.45, 7) is 0.0961. The topological polar surface area (TPSA) is 75.6 Å². The van der Waals surface area contributed by atoms with Gasteiger partial charge in [0.25, 0.3) is 0 Å². The molecule has 0 aliphatic heterocycles. The average Bonchev–Trinajstić information content (AvgIpc) is 2.61. The van der Waals surface area contributed by atoms with Gasteiger partial charge in [0.15, 0.2) is 0 Å². The van der Waals surface area contributed by atoms with Gasteiger partial charge in [0, 0.05) is 0 Å². The molecule has 124 valence electrons. The fraction of sp³-hybridized carbons (Fsp3) is 0.158. The van der Waals surface area contributed by atoms with Crippen LogP contribution < -0.4 is 5.32 Å². The third kappa shape index (κ3) is 5.96. The van der Waals surface area contributed by atoms with Gasteiger partial charge < -0.3 is 15.2 Å². The van der Waals surface area contributed by atoms with Crippen LogP contribution in [0.4, 0.5) is 4.79 Å². The number of carbonyl (C=O) groups excluding carboxylic acids is 1. The second-order valence-corrected chi connectivity index (χ2v) is 5.15. The highest BCUT2D eigenvalue weighted by molar-refractivity contribution is 5.80. The lowest BCUT2D eigenvalue weighted by molar-refractivity contribution is -0.139. The van der Waals surface area contributed by atoms with E-state index in [0.29, 0.717) is 0 Å². The highest BCUT2D eigenvalue weighted by Crippen LogP contribution is 2.05. The number of nitrogens with one attached hydrogen (secondary N) is 1. The predicted octanol–water partition coefficient (Wildman–Crippen LogP) is 3.47. The van der Waals surface area contributed by atoms with Crippen molar-refractivity contribution in [3.05, 3.63) is 77.9 Å². The van der Waals surface area contributed by atoms with E-state index in [4.69, 9.17) is 4.74 Å². The van der Waals surface area contributed by atoms with E-state index < -0.39 is 18.1 Å². The Bertz CT molecular complexity index is 683. The molecule has 0 bridgehead atoms. The van der Waals surface area contributed by atoms with Crippen LogP contribution in [-0.2, 0) is 16.1 Å². The Morgan fingerprint density at radius 2 is 1.67 bits per heavy atom. The van der Waals surface area contributed by atoms with Gasteiger partial charge in [-0.1, -0.05) is 72.8 Å². The number of hydrogen-bond donors (Lipinski definition) is 2. The van der Waals surface area contributed by atoms with Crippen LogP contribution in [0, 0.1) is 0 Å². The van der Waals surface area contributed by atoms with Gasteiger partial charge in [0.1, 0.15) is 12.6 Å². The molecule has 0 fully saturated rings. The van der Waals surface area contributed by atoms with Gasteiger partial charge in [-0.05, 0) is 17.5 Å². The van der Waals surface area contributed by atoms with Crippen LogP contribution in [0.15, 0.2) is 66.7 Å². The minimum Gasteiger partial charge on any atom is -0.480 e. The number of ether oxygens (including phenoxy) is 1. The molecule has 0 aliphatic rings. The van der Waals surface area contributed by atoms with Crippen molar-refractivity contribution in [1.82, 2.24) is 5.32 Å². The van der Waals surface area contributed by atoms with Crippen LogP contribution in [-0.4, -0.2) is 23.2 Å². The summed E-state index contributed by atoms with van der Waals surface area (Å²) in [6, 6.07) is 17.7. The summed E-state index contributed by atoms with van der Waals surface area (Å²) in [4.78, 5) is 23.0. The van der Waals surface area contributed by atoms with Gasteiger partial charge in [-0.3, -0.25) is 0 Å². The molecule has 0 saturated heterocycles. The number of carboxylic acids is 1. The van der Waals surface area contributed by atoms with E-state index in [1.54, 1.807) is 6.08 Å². The first-order valence-electron chi connectivity index (χ1n) is 7.57. The highest BCUT2D eigenvalue weighted by Gasteiger charge is 2.19. The Morgan fingerprint density at radius 1 is 1.04 bits per heavy atom. The molecule has 1 amide bonds. The first kappa shape index (κ1) is 17.3. The molecule has 0 saturated carbocycles. The summed E-state index contributed by atoms with van der Waals surface area (Å²) < 4.78 is 5.04. The summed E-state index contributed by atoms with van der Waals surface area (Å²) in [7, 11) is 0. The lowest BCUT2D eigenvalue weighted by Gasteiger charge is -2.13. The zero-order valence-corrected chi connectivity index (χ0v) is 13.1. The maximum Gasteiger partial charge on any atom is 0.408 e. The largest absolute Gasteiger partial charge is 0.480 e. The smallest absolute Gasteiger partial charge is 0.408 e. The molecule has 1 unspecified atom stereocenters. The number of aliphatic carboxylic acids is 1. The van der Waals surface area contributed by atoms with E-state index in [2.05, 4.69) is 5.32 Å². The summed E-state index contributed by atoms with van der Waals surface area (Å²) in [5.41, 5.74) is 1.80. The molecule has 2 aromatic carbocycles. The molecular formula is C19H19NO4. The normalized spacial score (nSPS) is 11.8. The second-order valence-electron chi connectivity index (χ2n) is 5.15. The van der Waals surface area contributed by atoms with E-state index in [1.807, 2.05) is 66.7 Å². The van der Waals surface area contributed by atoms with Gasteiger partial charge in [0.05, 0.1) is 0 Å². The van der Waals surface area contributed by atoms with Crippen molar-refractivity contribution >= 4 is 18.1 Å². The van der Waals surface area contributed by atoms with Crippen LogP contribution in [0.1, 0.15) is 17.5 Å². The molecule has 2 N–H and O–H groups in total. The van der Waals surface area contributed by atoms with Gasteiger partial charge in [-0.2, -0.15) is 0 Å². The molecule has 0 aromatic heterocycles. The number of rotatable bonds is 7. The Kier molecular flexibility index (Phi) is 6.58. The van der Waals surface area contributed by atoms with Gasteiger partial charge in [-0.15, -0.1) is 0 Å². The molecule has 1 atom stereocenters. The first-order chi connectivity index (χ1) is 11.6. The van der Waals surface area contributed by atoms with Crippen molar-refractivity contribution in [3.8, 4) is 0 Å². The summed E-state index contributed by atoms with van der Waals surface area (Å²) in [6.07, 6.45) is 2.95. The molecule has 5 nitrogen and oxygen atoms in total. The Labute approximate surface area is 140 Å². The maximum atomic E-state index is 11.7. The molecule has 24 heavy (non-hydrogen) atoms. The summed E-state index contributed by atoms with van der Waals surface area (Å²) >= 11 is 0. The summed E-state index contributed by atoms with van der Waals surface area (Å²) in [5, 5.41) is 11.6. The van der Waals surface area contributed by atoms with Crippen LogP contribution in [0.5, 0.6) is 0 Å². The van der Waals surface area contributed by atoms with Gasteiger partial charge >= 0.3 is 12.1 Å². The fourth-order valence-corrected chi connectivity index (χ4v) is 2.03. The second kappa shape index (κ2) is 9.15. The first-order valence-corrected chi connectivity index (χ1v) is 7.57. The fourth-order valence-electron chi connectivity index (χ4n) is 2.03. The van der Waals surface area contributed by atoms with Crippen molar-refractivity contribution in [3.63, 3.8) is 0 Å². The molecule has 0 spiro atoms. The molecule has 2 rings (SSSR count). The van der Waals surface area contributed by atoms with Crippen LogP contribution in [0.2, 0.25) is 0 Å². The van der Waals surface area contributed by atoms with Crippen LogP contribution >= 0.6 is 0 Å². The monoisotopic (exact) mass is 325 g/mol. The minimum atomic E-state index is -1.11. The zero-order chi connectivity index (χ0) is 17.2. The van der Waals surface area contributed by atoms with E-state index >= 15 is 0 Å². The third-order valence-electron chi connectivity index (χ3n) is 3.28. The Morgan fingerprint density at radius 3 is 2.29 bits per heavy atom. The van der Waals surface area contributed by atoms with Crippen molar-refractivity contribution in [2.75, 3.05) is 0 Å². The number of hydrogen-bond acceptors (Lipinski definition) is 3. The highest BCUT2D eigenvalue weighted by atomic mass is 16.5. The summed E-state index contributed by atoms with van der Waals surface area (Å²) in [5.74, 6) is -1.11. The van der Waals surface area contributed by atoms with Crippen molar-refractivity contribution < 1.29 is 19.4 Å². The third-order valence-corrected chi connectivity index (χ3v) is 3.28. The number of benzene rings is 2. The van der Waals surface area contributed by atoms with Gasteiger partial charge in [0.2, 0.25) is 0 Å². The van der Waals surface area contributed by atoms with E-state index in [0.717, 1.165) is 11.1 Å². The number of alkyl carbamates (subject to hydrolysis) is 1. The van der Waals surface area contributed by atoms with Crippen molar-refractivity contribution in [2.45, 2.75) is 19.1 Å². The maximum absolute atomic E-state index is 11.7. The lowest BCUT2D eigenvalue weighted by atomic mass is 10.1. The molecular weight excluding hydrogens is 306 g/mol. The van der Waals surface area contributed by atoms with E-state index in [9.17, 15) is 14.7 Å². The Balaban J connectivity index is 1.83. The number of amides is 1. The SMILES string of the molecule is O=C(NC(C/C=C/c1ccccc1)C(=O)O)OCc1ccccc1. The lowest BCUT2D eigenvalue weighted by Crippen LogP contribution is -2.40. The molecule has 0 aliphatic carbocycles. The molecule has 0 radical (unpaired) electrons. The van der Waals surface area contributed by atoms with Crippen molar-refractivity contribution in [2.24, 2.45) is 0 Å². The van der Waals surface area contributed by atoms with Gasteiger partial charge in [-0.25, -0.2) is 9.59 Å². The van der Waals surface area contributed by atoms with Crippen LogP contribution in [0.25, 0.3) is 6.08 Å². The number of carboxylic acid groups (broad SMARTS) is 1. The zero-order valence-electron chi connectivity index (χ0n) is 13.1. The van der Waals surface area contributed by atoms with Crippen molar-refractivity contribution in [1.29, 1.82) is 0 Å². The quantitative estimate of drug-likeness (QED) is 0.817. The van der Waals surface area contributed by atoms with Crippen LogP contribution in [0.3, 0.4) is 0 Å². The Hall–Kier alpha value is -3.08. The number of carbonyl (C=O) groups is 2. The van der Waals surface area contributed by atoms with E-state index in [1.165, 1.54) is 0 Å².